The molecule has 2 aromatic rings. The van der Waals surface area contributed by atoms with Crippen LogP contribution in [0.5, 0.6) is 11.5 Å². The number of rotatable bonds is 12. The maximum atomic E-state index is 13.1. The Kier molecular flexibility index (Phi) is 11.0. The molecule has 0 saturated carbocycles. The van der Waals surface area contributed by atoms with E-state index in [4.69, 9.17) is 18.9 Å². The Morgan fingerprint density at radius 1 is 0.683 bits per heavy atom. The summed E-state index contributed by atoms with van der Waals surface area (Å²) in [5.74, 6) is 0.963. The molecule has 6 atom stereocenters. The summed E-state index contributed by atoms with van der Waals surface area (Å²) in [6, 6.07) is 12.3. The molecule has 4 rings (SSSR count). The quantitative estimate of drug-likeness (QED) is 0.380. The first-order valence-corrected chi connectivity index (χ1v) is 15.8. The summed E-state index contributed by atoms with van der Waals surface area (Å²) in [4.78, 5) is 4.60. The number of morpholine rings is 2. The van der Waals surface area contributed by atoms with Crippen molar-refractivity contribution in [3.8, 4) is 11.5 Å². The third-order valence-electron chi connectivity index (χ3n) is 7.08. The highest BCUT2D eigenvalue weighted by molar-refractivity contribution is 7.91. The second-order valence-corrected chi connectivity index (χ2v) is 13.3. The molecule has 2 heterocycles. The summed E-state index contributed by atoms with van der Waals surface area (Å²) in [6.45, 7) is 12.3. The van der Waals surface area contributed by atoms with Gasteiger partial charge in [0.05, 0.1) is 34.2 Å². The molecule has 11 heteroatoms. The number of hydrogen-bond donors (Lipinski definition) is 2. The van der Waals surface area contributed by atoms with Crippen LogP contribution < -0.4 is 9.47 Å². The Morgan fingerprint density at radius 3 is 1.32 bits per heavy atom. The van der Waals surface area contributed by atoms with Crippen LogP contribution >= 0.6 is 0 Å². The molecule has 2 aliphatic heterocycles. The lowest BCUT2D eigenvalue weighted by molar-refractivity contribution is -0.0789. The van der Waals surface area contributed by atoms with Gasteiger partial charge in [-0.1, -0.05) is 0 Å². The Bertz CT molecular complexity index is 1090. The van der Waals surface area contributed by atoms with Crippen LogP contribution in [0.25, 0.3) is 0 Å². The molecule has 0 radical (unpaired) electrons. The first-order chi connectivity index (χ1) is 19.5. The first-order valence-electron chi connectivity index (χ1n) is 14.3. The number of aliphatic hydroxyl groups excluding tert-OH is 2. The molecule has 2 saturated heterocycles. The molecule has 2 fully saturated rings. The summed E-state index contributed by atoms with van der Waals surface area (Å²) in [5.41, 5.74) is 0. The van der Waals surface area contributed by atoms with Gasteiger partial charge in [0.1, 0.15) is 36.9 Å². The van der Waals surface area contributed by atoms with Crippen LogP contribution in [0.1, 0.15) is 27.7 Å². The van der Waals surface area contributed by atoms with Crippen LogP contribution in [0.15, 0.2) is 58.3 Å². The van der Waals surface area contributed by atoms with E-state index in [9.17, 15) is 18.6 Å². The molecule has 0 amide bonds. The van der Waals surface area contributed by atoms with E-state index < -0.39 is 22.0 Å². The Hall–Kier alpha value is -2.25. The molecule has 41 heavy (non-hydrogen) atoms. The van der Waals surface area contributed by atoms with E-state index in [2.05, 4.69) is 9.80 Å². The summed E-state index contributed by atoms with van der Waals surface area (Å²) in [6.07, 6.45) is -0.865. The molecule has 10 nitrogen and oxygen atoms in total. The average Bonchev–Trinajstić information content (AvgIpc) is 2.90. The fraction of sp³-hybridized carbons (Fsp3) is 0.600. The van der Waals surface area contributed by atoms with Crippen molar-refractivity contribution in [2.75, 3.05) is 52.5 Å². The number of hydrogen-bond acceptors (Lipinski definition) is 10. The normalized spacial score (nSPS) is 25.9. The molecule has 0 aromatic heterocycles. The van der Waals surface area contributed by atoms with Crippen molar-refractivity contribution in [1.29, 1.82) is 0 Å². The average molecular weight is 593 g/mol. The maximum absolute atomic E-state index is 13.1. The van der Waals surface area contributed by atoms with E-state index in [0.717, 1.165) is 26.2 Å². The molecule has 0 unspecified atom stereocenters. The van der Waals surface area contributed by atoms with Crippen LogP contribution in [-0.2, 0) is 19.3 Å². The molecular weight excluding hydrogens is 548 g/mol. The molecule has 228 valence electrons. The molecule has 2 aliphatic rings. The lowest BCUT2D eigenvalue weighted by atomic mass is 10.2. The zero-order valence-electron chi connectivity index (χ0n) is 24.4. The monoisotopic (exact) mass is 592 g/mol. The zero-order valence-corrected chi connectivity index (χ0v) is 25.2. The van der Waals surface area contributed by atoms with Crippen LogP contribution in [0.3, 0.4) is 0 Å². The molecule has 0 spiro atoms. The van der Waals surface area contributed by atoms with Gasteiger partial charge in [-0.2, -0.15) is 0 Å². The third-order valence-corrected chi connectivity index (χ3v) is 8.87. The van der Waals surface area contributed by atoms with Crippen molar-refractivity contribution in [3.63, 3.8) is 0 Å². The highest BCUT2D eigenvalue weighted by Crippen LogP contribution is 2.25. The maximum Gasteiger partial charge on any atom is 0.206 e. The van der Waals surface area contributed by atoms with Crippen molar-refractivity contribution in [1.82, 2.24) is 9.80 Å². The summed E-state index contributed by atoms with van der Waals surface area (Å²) < 4.78 is 49.2. The minimum Gasteiger partial charge on any atom is -0.491 e. The van der Waals surface area contributed by atoms with Gasteiger partial charge in [-0.15, -0.1) is 0 Å². The van der Waals surface area contributed by atoms with Crippen molar-refractivity contribution < 1.29 is 37.6 Å². The zero-order chi connectivity index (χ0) is 29.6. The van der Waals surface area contributed by atoms with Crippen LogP contribution in [-0.4, -0.2) is 118 Å². The summed E-state index contributed by atoms with van der Waals surface area (Å²) >= 11 is 0. The second-order valence-electron chi connectivity index (χ2n) is 11.3. The highest BCUT2D eigenvalue weighted by Gasteiger charge is 2.25. The van der Waals surface area contributed by atoms with E-state index in [1.165, 1.54) is 24.3 Å². The Morgan fingerprint density at radius 2 is 1.00 bits per heavy atom. The van der Waals surface area contributed by atoms with Gasteiger partial charge in [-0.05, 0) is 76.2 Å². The predicted octanol–water partition coefficient (Wildman–Crippen LogP) is 2.22. The van der Waals surface area contributed by atoms with Gasteiger partial charge >= 0.3 is 0 Å². The highest BCUT2D eigenvalue weighted by atomic mass is 32.2. The Labute approximate surface area is 243 Å². The van der Waals surface area contributed by atoms with Gasteiger partial charge in [-0.3, -0.25) is 9.80 Å². The van der Waals surface area contributed by atoms with E-state index in [0.29, 0.717) is 24.6 Å². The largest absolute Gasteiger partial charge is 0.491 e. The number of ether oxygens (including phenoxy) is 4. The fourth-order valence-corrected chi connectivity index (χ4v) is 6.78. The second kappa shape index (κ2) is 14.3. The van der Waals surface area contributed by atoms with E-state index in [1.807, 2.05) is 27.7 Å². The molecule has 2 aromatic carbocycles. The topological polar surface area (TPSA) is 118 Å². The first kappa shape index (κ1) is 31.7. The van der Waals surface area contributed by atoms with Crippen molar-refractivity contribution in [2.24, 2.45) is 0 Å². The van der Waals surface area contributed by atoms with Crippen molar-refractivity contribution in [2.45, 2.75) is 74.1 Å². The number of sulfone groups is 1. The predicted molar refractivity (Wildman–Crippen MR) is 154 cm³/mol. The lowest BCUT2D eigenvalue weighted by Crippen LogP contribution is -2.48. The van der Waals surface area contributed by atoms with E-state index in [1.54, 1.807) is 24.3 Å². The SMILES string of the molecule is C[C@@H]1CN(C[C@H](O)COc2ccc(S(=O)(=O)c3ccc(OC[C@H](O)CN4C[C@H](C)O[C@@H](C)C4)cc3)cc2)C[C@@H](C)O1. The molecular formula is C30H44N2O8S. The fourth-order valence-electron chi connectivity index (χ4n) is 5.52. The molecule has 0 bridgehead atoms. The van der Waals surface area contributed by atoms with Gasteiger partial charge in [0, 0.05) is 39.3 Å². The number of nitrogens with zero attached hydrogens (tertiary/aromatic N) is 2. The number of aliphatic hydroxyl groups is 2. The summed E-state index contributed by atoms with van der Waals surface area (Å²) in [5, 5.41) is 20.8. The van der Waals surface area contributed by atoms with Gasteiger partial charge < -0.3 is 29.2 Å². The third kappa shape index (κ3) is 9.37. The molecule has 0 aliphatic carbocycles. The lowest BCUT2D eigenvalue weighted by Gasteiger charge is -2.36. The van der Waals surface area contributed by atoms with E-state index >= 15 is 0 Å². The standard InChI is InChI=1S/C30H44N2O8S/c1-21-13-31(14-22(2)39-21)17-25(33)19-37-27-5-9-29(10-6-27)41(35,36)30-11-7-28(8-12-30)38-20-26(34)18-32-15-23(3)40-24(4)16-32/h5-12,21-26,33-34H,13-20H2,1-4H3/t21-,22-,23+,24+,25+,26-. The minimum absolute atomic E-state index is 0.104. The smallest absolute Gasteiger partial charge is 0.206 e. The van der Waals surface area contributed by atoms with Crippen LogP contribution in [0, 0.1) is 0 Å². The van der Waals surface area contributed by atoms with Crippen molar-refractivity contribution >= 4 is 9.84 Å². The van der Waals surface area contributed by atoms with Crippen LogP contribution in [0.4, 0.5) is 0 Å². The molecule has 2 N–H and O–H groups in total. The van der Waals surface area contributed by atoms with E-state index in [-0.39, 0.29) is 47.4 Å². The number of β-amino-alcohol motifs (C(OH)–C–C–N with tert-alkyl or cyclic N) is 2. The summed E-state index contributed by atoms with van der Waals surface area (Å²) in [7, 11) is -3.74. The van der Waals surface area contributed by atoms with Gasteiger partial charge in [-0.25, -0.2) is 8.42 Å². The van der Waals surface area contributed by atoms with Crippen LogP contribution in [0.2, 0.25) is 0 Å². The number of benzene rings is 2. The van der Waals surface area contributed by atoms with Gasteiger partial charge in [0.15, 0.2) is 0 Å². The van der Waals surface area contributed by atoms with Gasteiger partial charge in [0.2, 0.25) is 9.84 Å². The Balaban J connectivity index is 1.24. The van der Waals surface area contributed by atoms with Crippen molar-refractivity contribution in [3.05, 3.63) is 48.5 Å². The van der Waals surface area contributed by atoms with Gasteiger partial charge in [0.25, 0.3) is 0 Å². The minimum atomic E-state index is -3.74.